The minimum atomic E-state index is -0.0298. The number of rotatable bonds is 2. The number of nitrogens with zero attached hydrogens (tertiary/aromatic N) is 1. The molecule has 0 aliphatic carbocycles. The lowest BCUT2D eigenvalue weighted by molar-refractivity contribution is 0.365. The Kier molecular flexibility index (Phi) is 3.74. The zero-order valence-electron chi connectivity index (χ0n) is 11.5. The SMILES string of the molecule is CNC1(C)CCCN(C)c2cc(Cl)c(OC)cc21. The third kappa shape index (κ3) is 2.17. The van der Waals surface area contributed by atoms with Gasteiger partial charge in [-0.3, -0.25) is 0 Å². The summed E-state index contributed by atoms with van der Waals surface area (Å²) in [5.74, 6) is 0.743. The third-order valence-corrected chi connectivity index (χ3v) is 4.29. The molecule has 1 unspecified atom stereocenters. The number of halogens is 1. The Morgan fingerprint density at radius 1 is 1.44 bits per heavy atom. The average molecular weight is 269 g/mol. The van der Waals surface area contributed by atoms with Crippen LogP contribution in [0.15, 0.2) is 12.1 Å². The Hall–Kier alpha value is -0.930. The quantitative estimate of drug-likeness (QED) is 0.892. The van der Waals surface area contributed by atoms with Crippen molar-refractivity contribution in [3.05, 3.63) is 22.7 Å². The van der Waals surface area contributed by atoms with E-state index in [4.69, 9.17) is 16.3 Å². The zero-order valence-corrected chi connectivity index (χ0v) is 12.3. The van der Waals surface area contributed by atoms with E-state index in [1.165, 1.54) is 11.3 Å². The average Bonchev–Trinajstić information content (AvgIpc) is 2.48. The fourth-order valence-corrected chi connectivity index (χ4v) is 2.88. The summed E-state index contributed by atoms with van der Waals surface area (Å²) in [6, 6.07) is 4.08. The molecule has 0 saturated heterocycles. The molecule has 1 aliphatic rings. The van der Waals surface area contributed by atoms with E-state index >= 15 is 0 Å². The van der Waals surface area contributed by atoms with Crippen molar-refractivity contribution in [3.63, 3.8) is 0 Å². The van der Waals surface area contributed by atoms with Crippen LogP contribution in [0.2, 0.25) is 5.02 Å². The first kappa shape index (κ1) is 13.5. The van der Waals surface area contributed by atoms with Gasteiger partial charge in [0.15, 0.2) is 0 Å². The molecule has 0 saturated carbocycles. The van der Waals surface area contributed by atoms with Gasteiger partial charge in [-0.05, 0) is 44.5 Å². The molecule has 4 heteroatoms. The molecule has 0 aromatic heterocycles. The summed E-state index contributed by atoms with van der Waals surface area (Å²) in [5, 5.41) is 4.11. The second-order valence-electron chi connectivity index (χ2n) is 5.11. The summed E-state index contributed by atoms with van der Waals surface area (Å²) >= 11 is 6.24. The highest BCUT2D eigenvalue weighted by atomic mass is 35.5. The first-order valence-electron chi connectivity index (χ1n) is 6.30. The van der Waals surface area contributed by atoms with Gasteiger partial charge in [-0.1, -0.05) is 11.6 Å². The molecule has 100 valence electrons. The van der Waals surface area contributed by atoms with Gasteiger partial charge in [0.05, 0.1) is 12.1 Å². The predicted molar refractivity (Wildman–Crippen MR) is 76.9 cm³/mol. The normalized spacial score (nSPS) is 23.5. The summed E-state index contributed by atoms with van der Waals surface area (Å²) in [5.41, 5.74) is 2.42. The Balaban J connectivity index is 2.62. The standard InChI is InChI=1S/C14H21ClN2O/c1-14(16-2)6-5-7-17(3)12-9-11(15)13(18-4)8-10(12)14/h8-9,16H,5-7H2,1-4H3. The second-order valence-corrected chi connectivity index (χ2v) is 5.52. The highest BCUT2D eigenvalue weighted by Crippen LogP contribution is 2.41. The molecule has 0 radical (unpaired) electrons. The fourth-order valence-electron chi connectivity index (χ4n) is 2.64. The van der Waals surface area contributed by atoms with Gasteiger partial charge in [0.1, 0.15) is 5.75 Å². The van der Waals surface area contributed by atoms with Crippen LogP contribution in [-0.4, -0.2) is 27.7 Å². The minimum absolute atomic E-state index is 0.0298. The molecular weight excluding hydrogens is 248 g/mol. The summed E-state index contributed by atoms with van der Waals surface area (Å²) < 4.78 is 5.35. The molecule has 1 atom stereocenters. The Bertz CT molecular complexity index is 450. The molecule has 1 aliphatic heterocycles. The minimum Gasteiger partial charge on any atom is -0.495 e. The molecule has 0 fully saturated rings. The number of anilines is 1. The number of ether oxygens (including phenoxy) is 1. The van der Waals surface area contributed by atoms with Gasteiger partial charge >= 0.3 is 0 Å². The van der Waals surface area contributed by atoms with Gasteiger partial charge < -0.3 is 15.0 Å². The summed E-state index contributed by atoms with van der Waals surface area (Å²) in [7, 11) is 5.78. The lowest BCUT2D eigenvalue weighted by Gasteiger charge is -2.31. The fraction of sp³-hybridized carbons (Fsp3) is 0.571. The predicted octanol–water partition coefficient (Wildman–Crippen LogP) is 3.01. The van der Waals surface area contributed by atoms with Gasteiger partial charge in [-0.25, -0.2) is 0 Å². The third-order valence-electron chi connectivity index (χ3n) is 4.00. The molecule has 3 nitrogen and oxygen atoms in total. The number of methoxy groups -OCH3 is 1. The molecule has 1 heterocycles. The molecular formula is C14H21ClN2O. The summed E-state index contributed by atoms with van der Waals surface area (Å²) in [6.45, 7) is 3.28. The van der Waals surface area contributed by atoms with E-state index in [-0.39, 0.29) is 5.54 Å². The Labute approximate surface area is 114 Å². The van der Waals surface area contributed by atoms with Crippen LogP contribution in [0.4, 0.5) is 5.69 Å². The van der Waals surface area contributed by atoms with Crippen LogP contribution in [0, 0.1) is 0 Å². The van der Waals surface area contributed by atoms with Gasteiger partial charge in [-0.15, -0.1) is 0 Å². The largest absolute Gasteiger partial charge is 0.495 e. The first-order chi connectivity index (χ1) is 8.51. The molecule has 0 amide bonds. The van der Waals surface area contributed by atoms with E-state index in [0.29, 0.717) is 5.02 Å². The maximum absolute atomic E-state index is 6.24. The van der Waals surface area contributed by atoms with Crippen molar-refractivity contribution in [2.45, 2.75) is 25.3 Å². The van der Waals surface area contributed by atoms with E-state index in [0.717, 1.165) is 25.1 Å². The van der Waals surface area contributed by atoms with Crippen molar-refractivity contribution in [3.8, 4) is 5.75 Å². The van der Waals surface area contributed by atoms with E-state index in [1.807, 2.05) is 13.1 Å². The van der Waals surface area contributed by atoms with Crippen LogP contribution in [0.3, 0.4) is 0 Å². The topological polar surface area (TPSA) is 24.5 Å². The number of benzene rings is 1. The smallest absolute Gasteiger partial charge is 0.137 e. The van der Waals surface area contributed by atoms with Crippen LogP contribution in [0.5, 0.6) is 5.75 Å². The van der Waals surface area contributed by atoms with Crippen molar-refractivity contribution in [2.24, 2.45) is 0 Å². The summed E-state index contributed by atoms with van der Waals surface area (Å²) in [6.07, 6.45) is 2.26. The monoisotopic (exact) mass is 268 g/mol. The van der Waals surface area contributed by atoms with E-state index in [1.54, 1.807) is 7.11 Å². The highest BCUT2D eigenvalue weighted by molar-refractivity contribution is 6.32. The van der Waals surface area contributed by atoms with Crippen molar-refractivity contribution in [2.75, 3.05) is 32.6 Å². The molecule has 0 bridgehead atoms. The van der Waals surface area contributed by atoms with E-state index in [2.05, 4.69) is 30.3 Å². The summed E-state index contributed by atoms with van der Waals surface area (Å²) in [4.78, 5) is 2.27. The number of hydrogen-bond acceptors (Lipinski definition) is 3. The number of nitrogens with one attached hydrogen (secondary N) is 1. The van der Waals surface area contributed by atoms with Gasteiger partial charge in [0, 0.05) is 24.8 Å². The van der Waals surface area contributed by atoms with Crippen LogP contribution >= 0.6 is 11.6 Å². The maximum atomic E-state index is 6.24. The maximum Gasteiger partial charge on any atom is 0.137 e. The number of hydrogen-bond donors (Lipinski definition) is 1. The molecule has 2 rings (SSSR count). The Morgan fingerprint density at radius 3 is 2.78 bits per heavy atom. The molecule has 18 heavy (non-hydrogen) atoms. The molecule has 1 aromatic carbocycles. The Morgan fingerprint density at radius 2 is 2.17 bits per heavy atom. The van der Waals surface area contributed by atoms with Crippen molar-refractivity contribution in [1.29, 1.82) is 0 Å². The van der Waals surface area contributed by atoms with Crippen LogP contribution < -0.4 is 15.0 Å². The second kappa shape index (κ2) is 4.98. The zero-order chi connectivity index (χ0) is 13.3. The van der Waals surface area contributed by atoms with Crippen LogP contribution in [0.25, 0.3) is 0 Å². The molecule has 1 N–H and O–H groups in total. The lowest BCUT2D eigenvalue weighted by atomic mass is 9.87. The van der Waals surface area contributed by atoms with Crippen molar-refractivity contribution >= 4 is 17.3 Å². The molecule has 1 aromatic rings. The molecule has 0 spiro atoms. The van der Waals surface area contributed by atoms with Gasteiger partial charge in [0.25, 0.3) is 0 Å². The van der Waals surface area contributed by atoms with E-state index in [9.17, 15) is 0 Å². The lowest BCUT2D eigenvalue weighted by Crippen LogP contribution is -2.36. The van der Waals surface area contributed by atoms with Crippen molar-refractivity contribution < 1.29 is 4.74 Å². The van der Waals surface area contributed by atoms with Crippen molar-refractivity contribution in [1.82, 2.24) is 5.32 Å². The first-order valence-corrected chi connectivity index (χ1v) is 6.67. The van der Waals surface area contributed by atoms with Crippen LogP contribution in [0.1, 0.15) is 25.3 Å². The van der Waals surface area contributed by atoms with E-state index < -0.39 is 0 Å². The highest BCUT2D eigenvalue weighted by Gasteiger charge is 2.31. The number of fused-ring (bicyclic) bond motifs is 1. The van der Waals surface area contributed by atoms with Gasteiger partial charge in [0.2, 0.25) is 0 Å². The van der Waals surface area contributed by atoms with Gasteiger partial charge in [-0.2, -0.15) is 0 Å². The van der Waals surface area contributed by atoms with Crippen LogP contribution in [-0.2, 0) is 5.54 Å².